The van der Waals surface area contributed by atoms with E-state index in [2.05, 4.69) is 24.5 Å². The molecule has 0 spiro atoms. The lowest BCUT2D eigenvalue weighted by molar-refractivity contribution is 0.0870. The van der Waals surface area contributed by atoms with Crippen molar-refractivity contribution in [3.8, 4) is 0 Å². The summed E-state index contributed by atoms with van der Waals surface area (Å²) in [6.07, 6.45) is 4.23. The highest BCUT2D eigenvalue weighted by atomic mass is 16.5. The highest BCUT2D eigenvalue weighted by Crippen LogP contribution is 2.22. The Morgan fingerprint density at radius 1 is 1.25 bits per heavy atom. The molecule has 2 N–H and O–H groups in total. The SMILES string of the molecule is CCC1OCCC1CNCC1CCNC1C. The van der Waals surface area contributed by atoms with E-state index in [0.717, 1.165) is 31.4 Å². The Balaban J connectivity index is 1.63. The van der Waals surface area contributed by atoms with E-state index in [9.17, 15) is 0 Å². The van der Waals surface area contributed by atoms with Crippen LogP contribution in [0.4, 0.5) is 0 Å². The van der Waals surface area contributed by atoms with Crippen molar-refractivity contribution in [2.75, 3.05) is 26.2 Å². The molecule has 4 atom stereocenters. The average molecular weight is 226 g/mol. The van der Waals surface area contributed by atoms with Gasteiger partial charge in [-0.2, -0.15) is 0 Å². The van der Waals surface area contributed by atoms with Crippen molar-refractivity contribution in [3.63, 3.8) is 0 Å². The molecule has 4 unspecified atom stereocenters. The van der Waals surface area contributed by atoms with E-state index in [1.54, 1.807) is 0 Å². The Morgan fingerprint density at radius 3 is 2.75 bits per heavy atom. The van der Waals surface area contributed by atoms with Gasteiger partial charge in [-0.05, 0) is 51.1 Å². The summed E-state index contributed by atoms with van der Waals surface area (Å²) in [5.74, 6) is 1.57. The monoisotopic (exact) mass is 226 g/mol. The van der Waals surface area contributed by atoms with Crippen LogP contribution < -0.4 is 10.6 Å². The molecule has 0 bridgehead atoms. The normalized spacial score (nSPS) is 39.4. The number of hydrogen-bond acceptors (Lipinski definition) is 3. The summed E-state index contributed by atoms with van der Waals surface area (Å²) in [4.78, 5) is 0. The van der Waals surface area contributed by atoms with Crippen LogP contribution in [-0.2, 0) is 4.74 Å². The Hall–Kier alpha value is -0.120. The summed E-state index contributed by atoms with van der Waals surface area (Å²) in [5.41, 5.74) is 0. The van der Waals surface area contributed by atoms with Gasteiger partial charge in [0.15, 0.2) is 0 Å². The quantitative estimate of drug-likeness (QED) is 0.743. The molecule has 0 saturated carbocycles. The lowest BCUT2D eigenvalue weighted by Crippen LogP contribution is -2.35. The second kappa shape index (κ2) is 5.99. The van der Waals surface area contributed by atoms with Gasteiger partial charge in [0.05, 0.1) is 6.10 Å². The number of nitrogens with one attached hydrogen (secondary N) is 2. The van der Waals surface area contributed by atoms with Crippen molar-refractivity contribution in [2.24, 2.45) is 11.8 Å². The average Bonchev–Trinajstić information content (AvgIpc) is 2.88. The lowest BCUT2D eigenvalue weighted by atomic mass is 9.98. The second-order valence-electron chi connectivity index (χ2n) is 5.32. The molecule has 2 saturated heterocycles. The number of ether oxygens (including phenoxy) is 1. The molecule has 0 aromatic carbocycles. The van der Waals surface area contributed by atoms with Crippen LogP contribution in [0.1, 0.15) is 33.1 Å². The molecule has 2 aliphatic heterocycles. The molecule has 3 nitrogen and oxygen atoms in total. The van der Waals surface area contributed by atoms with Gasteiger partial charge in [0.2, 0.25) is 0 Å². The molecule has 0 aliphatic carbocycles. The van der Waals surface area contributed by atoms with Crippen LogP contribution in [0, 0.1) is 11.8 Å². The van der Waals surface area contributed by atoms with Crippen LogP contribution in [-0.4, -0.2) is 38.4 Å². The highest BCUT2D eigenvalue weighted by molar-refractivity contribution is 4.83. The fourth-order valence-corrected chi connectivity index (χ4v) is 3.02. The van der Waals surface area contributed by atoms with Gasteiger partial charge >= 0.3 is 0 Å². The Kier molecular flexibility index (Phi) is 4.62. The third kappa shape index (κ3) is 2.96. The molecule has 0 amide bonds. The fourth-order valence-electron chi connectivity index (χ4n) is 3.02. The summed E-state index contributed by atoms with van der Waals surface area (Å²) in [5, 5.41) is 7.15. The highest BCUT2D eigenvalue weighted by Gasteiger charge is 2.27. The lowest BCUT2D eigenvalue weighted by Gasteiger charge is -2.20. The Labute approximate surface area is 99.3 Å². The maximum atomic E-state index is 5.71. The van der Waals surface area contributed by atoms with Crippen LogP contribution >= 0.6 is 0 Å². The molecule has 94 valence electrons. The molecular weight excluding hydrogens is 200 g/mol. The zero-order chi connectivity index (χ0) is 11.4. The molecule has 2 aliphatic rings. The zero-order valence-electron chi connectivity index (χ0n) is 10.7. The first-order chi connectivity index (χ1) is 7.81. The Morgan fingerprint density at radius 2 is 2.06 bits per heavy atom. The van der Waals surface area contributed by atoms with E-state index in [0.29, 0.717) is 12.1 Å². The van der Waals surface area contributed by atoms with Crippen molar-refractivity contribution in [3.05, 3.63) is 0 Å². The van der Waals surface area contributed by atoms with Crippen LogP contribution in [0.5, 0.6) is 0 Å². The number of hydrogen-bond donors (Lipinski definition) is 2. The predicted octanol–water partition coefficient (Wildman–Crippen LogP) is 1.39. The third-order valence-electron chi connectivity index (χ3n) is 4.25. The van der Waals surface area contributed by atoms with Gasteiger partial charge in [0, 0.05) is 19.2 Å². The van der Waals surface area contributed by atoms with Gasteiger partial charge in [0.25, 0.3) is 0 Å². The minimum Gasteiger partial charge on any atom is -0.378 e. The molecule has 0 radical (unpaired) electrons. The number of rotatable bonds is 5. The summed E-state index contributed by atoms with van der Waals surface area (Å²) in [7, 11) is 0. The maximum Gasteiger partial charge on any atom is 0.0613 e. The van der Waals surface area contributed by atoms with Crippen LogP contribution in [0.25, 0.3) is 0 Å². The molecule has 2 heterocycles. The molecule has 16 heavy (non-hydrogen) atoms. The Bertz CT molecular complexity index is 210. The van der Waals surface area contributed by atoms with E-state index in [-0.39, 0.29) is 0 Å². The van der Waals surface area contributed by atoms with E-state index in [4.69, 9.17) is 4.74 Å². The van der Waals surface area contributed by atoms with Crippen molar-refractivity contribution in [1.29, 1.82) is 0 Å². The second-order valence-corrected chi connectivity index (χ2v) is 5.32. The van der Waals surface area contributed by atoms with Crippen LogP contribution in [0.2, 0.25) is 0 Å². The third-order valence-corrected chi connectivity index (χ3v) is 4.25. The molecule has 0 aromatic rings. The molecule has 2 rings (SSSR count). The minimum atomic E-state index is 0.506. The summed E-state index contributed by atoms with van der Waals surface area (Å²) >= 11 is 0. The van der Waals surface area contributed by atoms with Crippen LogP contribution in [0.3, 0.4) is 0 Å². The zero-order valence-corrected chi connectivity index (χ0v) is 10.7. The standard InChI is InChI=1S/C13H26N2O/c1-3-13-12(5-7-16-13)9-14-8-11-4-6-15-10(11)2/h10-15H,3-9H2,1-2H3. The van der Waals surface area contributed by atoms with E-state index >= 15 is 0 Å². The summed E-state index contributed by atoms with van der Waals surface area (Å²) in [6.45, 7) is 8.99. The van der Waals surface area contributed by atoms with Gasteiger partial charge in [-0.15, -0.1) is 0 Å². The van der Waals surface area contributed by atoms with Gasteiger partial charge in [-0.1, -0.05) is 6.92 Å². The molecule has 3 heteroatoms. The largest absolute Gasteiger partial charge is 0.378 e. The first kappa shape index (κ1) is 12.3. The van der Waals surface area contributed by atoms with Gasteiger partial charge < -0.3 is 15.4 Å². The van der Waals surface area contributed by atoms with E-state index in [1.807, 2.05) is 0 Å². The first-order valence-electron chi connectivity index (χ1n) is 6.87. The van der Waals surface area contributed by atoms with Crippen LogP contribution in [0.15, 0.2) is 0 Å². The first-order valence-corrected chi connectivity index (χ1v) is 6.87. The minimum absolute atomic E-state index is 0.506. The van der Waals surface area contributed by atoms with Crippen molar-refractivity contribution >= 4 is 0 Å². The van der Waals surface area contributed by atoms with Gasteiger partial charge in [-0.25, -0.2) is 0 Å². The fraction of sp³-hybridized carbons (Fsp3) is 1.00. The van der Waals surface area contributed by atoms with Crippen molar-refractivity contribution in [1.82, 2.24) is 10.6 Å². The predicted molar refractivity (Wildman–Crippen MR) is 66.6 cm³/mol. The molecule has 0 aromatic heterocycles. The van der Waals surface area contributed by atoms with E-state index < -0.39 is 0 Å². The molecule has 2 fully saturated rings. The molecular formula is C13H26N2O. The smallest absolute Gasteiger partial charge is 0.0613 e. The van der Waals surface area contributed by atoms with Crippen molar-refractivity contribution < 1.29 is 4.74 Å². The van der Waals surface area contributed by atoms with Gasteiger partial charge in [0.1, 0.15) is 0 Å². The van der Waals surface area contributed by atoms with E-state index in [1.165, 1.54) is 25.9 Å². The van der Waals surface area contributed by atoms with Crippen molar-refractivity contribution in [2.45, 2.75) is 45.3 Å². The van der Waals surface area contributed by atoms with Gasteiger partial charge in [-0.3, -0.25) is 0 Å². The summed E-state index contributed by atoms with van der Waals surface area (Å²) < 4.78 is 5.71. The summed E-state index contributed by atoms with van der Waals surface area (Å²) in [6, 6.07) is 0.689. The maximum absolute atomic E-state index is 5.71. The topological polar surface area (TPSA) is 33.3 Å².